The van der Waals surface area contributed by atoms with Gasteiger partial charge >= 0.3 is 0 Å². The molecule has 1 aromatic heterocycles. The van der Waals surface area contributed by atoms with Crippen molar-refractivity contribution < 1.29 is 0 Å². The predicted molar refractivity (Wildman–Crippen MR) is 142 cm³/mol. The molecule has 0 aliphatic heterocycles. The fraction of sp³-hybridized carbons (Fsp3) is 0.769. The number of fused-ring (bicyclic) bond motifs is 1. The van der Waals surface area contributed by atoms with Gasteiger partial charge in [-0.25, -0.2) is 0 Å². The molecule has 0 amide bonds. The van der Waals surface area contributed by atoms with E-state index in [0.29, 0.717) is 0 Å². The van der Waals surface area contributed by atoms with Crippen molar-refractivity contribution in [3.05, 3.63) is 20.6 Å². The number of benzene rings is 1. The minimum Gasteiger partial charge on any atom is -0.197 e. The zero-order chi connectivity index (χ0) is 22.2. The molecule has 1 heterocycles. The highest BCUT2D eigenvalue weighted by atomic mass is 79.9. The van der Waals surface area contributed by atoms with E-state index in [2.05, 4.69) is 60.3 Å². The SMILES string of the molecule is CCCCCCCCCCCCCCCCCCCCc1cc(Br)c2n[nH]nc2c1Br. The van der Waals surface area contributed by atoms with Gasteiger partial charge in [0.05, 0.1) is 4.47 Å². The van der Waals surface area contributed by atoms with Crippen LogP contribution >= 0.6 is 31.9 Å². The molecule has 5 heteroatoms. The van der Waals surface area contributed by atoms with Crippen molar-refractivity contribution in [2.24, 2.45) is 0 Å². The van der Waals surface area contributed by atoms with Crippen molar-refractivity contribution in [1.29, 1.82) is 0 Å². The molecule has 2 rings (SSSR count). The number of aromatic amines is 1. The molecule has 0 radical (unpaired) electrons. The van der Waals surface area contributed by atoms with Gasteiger partial charge in [-0.2, -0.15) is 15.4 Å². The first-order chi connectivity index (χ1) is 15.2. The molecule has 0 aliphatic rings. The third-order valence-corrected chi connectivity index (χ3v) is 7.85. The Bertz CT molecular complexity index is 714. The zero-order valence-corrected chi connectivity index (χ0v) is 22.8. The van der Waals surface area contributed by atoms with Crippen LogP contribution in [-0.2, 0) is 6.42 Å². The molecule has 0 saturated heterocycles. The largest absolute Gasteiger partial charge is 0.197 e. The summed E-state index contributed by atoms with van der Waals surface area (Å²) in [6.07, 6.45) is 26.6. The lowest BCUT2D eigenvalue weighted by Crippen LogP contribution is -1.90. The molecule has 176 valence electrons. The van der Waals surface area contributed by atoms with Gasteiger partial charge in [0, 0.05) is 4.47 Å². The third kappa shape index (κ3) is 10.8. The summed E-state index contributed by atoms with van der Waals surface area (Å²) in [7, 11) is 0. The standard InChI is InChI=1S/C26H43Br2N3/c1-2-3-4-5-6-7-8-9-10-11-12-13-14-15-16-17-18-19-20-22-21-23(27)25-26(24(22)28)30-31-29-25/h21H,2-20H2,1H3,(H,29,30,31). The van der Waals surface area contributed by atoms with Crippen LogP contribution in [0.1, 0.15) is 128 Å². The Labute approximate surface area is 207 Å². The predicted octanol–water partition coefficient (Wildman–Crippen LogP) is 10.1. The molecule has 0 bridgehead atoms. The Balaban J connectivity index is 1.36. The van der Waals surface area contributed by atoms with Gasteiger partial charge in [-0.15, -0.1) is 0 Å². The summed E-state index contributed by atoms with van der Waals surface area (Å²) in [5.74, 6) is 0. The van der Waals surface area contributed by atoms with Crippen LogP contribution in [0.15, 0.2) is 15.0 Å². The van der Waals surface area contributed by atoms with Crippen LogP contribution in [0.2, 0.25) is 0 Å². The van der Waals surface area contributed by atoms with E-state index in [1.165, 1.54) is 121 Å². The topological polar surface area (TPSA) is 41.6 Å². The van der Waals surface area contributed by atoms with Crippen LogP contribution in [0.3, 0.4) is 0 Å². The molecule has 3 nitrogen and oxygen atoms in total. The summed E-state index contributed by atoms with van der Waals surface area (Å²) in [6.45, 7) is 2.29. The number of aryl methyl sites for hydroxylation is 1. The minimum atomic E-state index is 0.897. The average molecular weight is 557 g/mol. The number of rotatable bonds is 19. The van der Waals surface area contributed by atoms with Gasteiger partial charge in [-0.05, 0) is 56.3 Å². The summed E-state index contributed by atoms with van der Waals surface area (Å²) in [5.41, 5.74) is 3.14. The van der Waals surface area contributed by atoms with Crippen molar-refractivity contribution in [3.8, 4) is 0 Å². The molecule has 0 fully saturated rings. The van der Waals surface area contributed by atoms with Crippen molar-refractivity contribution in [2.75, 3.05) is 0 Å². The molecule has 1 N–H and O–H groups in total. The number of nitrogens with zero attached hydrogens (tertiary/aromatic N) is 2. The molecule has 0 aliphatic carbocycles. The molecule has 0 atom stereocenters. The minimum absolute atomic E-state index is 0.897. The van der Waals surface area contributed by atoms with Gasteiger partial charge in [-0.3, -0.25) is 0 Å². The van der Waals surface area contributed by atoms with Crippen LogP contribution in [0.25, 0.3) is 11.0 Å². The number of aromatic nitrogens is 3. The monoisotopic (exact) mass is 555 g/mol. The third-order valence-electron chi connectivity index (χ3n) is 6.36. The molecular formula is C26H43Br2N3. The molecule has 2 aromatic rings. The maximum absolute atomic E-state index is 4.26. The Morgan fingerprint density at radius 2 is 1.03 bits per heavy atom. The first-order valence-electron chi connectivity index (χ1n) is 12.9. The van der Waals surface area contributed by atoms with Crippen LogP contribution in [-0.4, -0.2) is 15.4 Å². The van der Waals surface area contributed by atoms with E-state index < -0.39 is 0 Å². The fourth-order valence-electron chi connectivity index (χ4n) is 4.39. The Morgan fingerprint density at radius 1 is 0.613 bits per heavy atom. The van der Waals surface area contributed by atoms with E-state index in [0.717, 1.165) is 26.4 Å². The maximum Gasteiger partial charge on any atom is 0.128 e. The van der Waals surface area contributed by atoms with Crippen molar-refractivity contribution >= 4 is 42.9 Å². The molecular weight excluding hydrogens is 514 g/mol. The number of hydrogen-bond donors (Lipinski definition) is 1. The maximum atomic E-state index is 4.26. The fourth-order valence-corrected chi connectivity index (χ4v) is 5.53. The highest BCUT2D eigenvalue weighted by molar-refractivity contribution is 9.11. The average Bonchev–Trinajstić information content (AvgIpc) is 3.27. The van der Waals surface area contributed by atoms with E-state index in [1.54, 1.807) is 0 Å². The van der Waals surface area contributed by atoms with Crippen LogP contribution < -0.4 is 0 Å². The second-order valence-electron chi connectivity index (χ2n) is 9.11. The second-order valence-corrected chi connectivity index (χ2v) is 10.8. The molecule has 0 saturated carbocycles. The van der Waals surface area contributed by atoms with Gasteiger partial charge in [0.25, 0.3) is 0 Å². The molecule has 1 aromatic carbocycles. The van der Waals surface area contributed by atoms with E-state index in [1.807, 2.05) is 0 Å². The Kier molecular flexibility index (Phi) is 14.8. The van der Waals surface area contributed by atoms with Gasteiger partial charge in [0.2, 0.25) is 0 Å². The normalized spacial score (nSPS) is 11.6. The Morgan fingerprint density at radius 3 is 1.52 bits per heavy atom. The summed E-state index contributed by atoms with van der Waals surface area (Å²) < 4.78 is 2.11. The van der Waals surface area contributed by atoms with Crippen molar-refractivity contribution in [1.82, 2.24) is 15.4 Å². The lowest BCUT2D eigenvalue weighted by Gasteiger charge is -2.07. The second kappa shape index (κ2) is 17.1. The summed E-state index contributed by atoms with van der Waals surface area (Å²) >= 11 is 7.32. The van der Waals surface area contributed by atoms with E-state index >= 15 is 0 Å². The summed E-state index contributed by atoms with van der Waals surface area (Å²) in [6, 6.07) is 2.18. The lowest BCUT2D eigenvalue weighted by molar-refractivity contribution is 0.525. The quantitative estimate of drug-likeness (QED) is 0.175. The first kappa shape index (κ1) is 26.8. The number of hydrogen-bond acceptors (Lipinski definition) is 2. The van der Waals surface area contributed by atoms with Gasteiger partial charge in [0.1, 0.15) is 11.0 Å². The van der Waals surface area contributed by atoms with Gasteiger partial charge in [0.15, 0.2) is 0 Å². The van der Waals surface area contributed by atoms with Crippen molar-refractivity contribution in [3.63, 3.8) is 0 Å². The number of nitrogens with one attached hydrogen (secondary N) is 1. The molecule has 31 heavy (non-hydrogen) atoms. The number of halogens is 2. The smallest absolute Gasteiger partial charge is 0.128 e. The van der Waals surface area contributed by atoms with Crippen LogP contribution in [0.5, 0.6) is 0 Å². The van der Waals surface area contributed by atoms with E-state index in [9.17, 15) is 0 Å². The van der Waals surface area contributed by atoms with Gasteiger partial charge < -0.3 is 0 Å². The summed E-state index contributed by atoms with van der Waals surface area (Å²) in [4.78, 5) is 0. The number of unbranched alkanes of at least 4 members (excludes halogenated alkanes) is 17. The van der Waals surface area contributed by atoms with E-state index in [4.69, 9.17) is 0 Å². The van der Waals surface area contributed by atoms with E-state index in [-0.39, 0.29) is 0 Å². The van der Waals surface area contributed by atoms with Gasteiger partial charge in [-0.1, -0.05) is 116 Å². The van der Waals surface area contributed by atoms with Crippen LogP contribution in [0, 0.1) is 0 Å². The number of H-pyrrole nitrogens is 1. The highest BCUT2D eigenvalue weighted by Gasteiger charge is 2.12. The van der Waals surface area contributed by atoms with Crippen LogP contribution in [0.4, 0.5) is 0 Å². The highest BCUT2D eigenvalue weighted by Crippen LogP contribution is 2.32. The zero-order valence-electron chi connectivity index (χ0n) is 19.7. The lowest BCUT2D eigenvalue weighted by atomic mass is 10.0. The summed E-state index contributed by atoms with van der Waals surface area (Å²) in [5, 5.41) is 11.2. The molecule has 0 unspecified atom stereocenters. The molecule has 0 spiro atoms. The van der Waals surface area contributed by atoms with Crippen molar-refractivity contribution in [2.45, 2.75) is 129 Å². The first-order valence-corrected chi connectivity index (χ1v) is 14.5. The Hall–Kier alpha value is -0.420.